The summed E-state index contributed by atoms with van der Waals surface area (Å²) in [5.74, 6) is -0.0718. The van der Waals surface area contributed by atoms with Crippen LogP contribution in [0, 0.1) is 5.82 Å². The fourth-order valence-electron chi connectivity index (χ4n) is 1.36. The van der Waals surface area contributed by atoms with Gasteiger partial charge in [-0.05, 0) is 18.2 Å². The van der Waals surface area contributed by atoms with Crippen molar-refractivity contribution in [2.45, 2.75) is 4.90 Å². The molecule has 1 rings (SSSR count). The van der Waals surface area contributed by atoms with Gasteiger partial charge in [-0.1, -0.05) is 6.08 Å². The number of amides is 1. The third-order valence-corrected chi connectivity index (χ3v) is 4.16. The van der Waals surface area contributed by atoms with E-state index in [4.69, 9.17) is 5.14 Å². The fourth-order valence-corrected chi connectivity index (χ4v) is 2.46. The van der Waals surface area contributed by atoms with Crippen LogP contribution in [0.4, 0.5) is 4.39 Å². The lowest BCUT2D eigenvalue weighted by molar-refractivity contribution is 0.0952. The number of hydrogen-bond donors (Lipinski definition) is 2. The van der Waals surface area contributed by atoms with Crippen molar-refractivity contribution in [3.63, 3.8) is 0 Å². The number of rotatable bonds is 7. The van der Waals surface area contributed by atoms with E-state index in [9.17, 15) is 17.6 Å². The van der Waals surface area contributed by atoms with E-state index in [1.165, 1.54) is 0 Å². The molecule has 0 saturated carbocycles. The van der Waals surface area contributed by atoms with E-state index < -0.39 is 21.7 Å². The number of primary sulfonamides is 1. The monoisotopic (exact) mass is 318 g/mol. The first-order valence-corrected chi connectivity index (χ1v) is 8.35. The number of carbonyl (C=O) groups excluding carboxylic acids is 1. The van der Waals surface area contributed by atoms with Crippen LogP contribution in [0.15, 0.2) is 35.7 Å². The van der Waals surface area contributed by atoms with Gasteiger partial charge in [-0.3, -0.25) is 4.79 Å². The van der Waals surface area contributed by atoms with Gasteiger partial charge in [0.25, 0.3) is 5.91 Å². The molecule has 0 aliphatic heterocycles. The van der Waals surface area contributed by atoms with Crippen LogP contribution in [-0.2, 0) is 10.0 Å². The highest BCUT2D eigenvalue weighted by atomic mass is 32.2. The quantitative estimate of drug-likeness (QED) is 0.582. The maximum Gasteiger partial charge on any atom is 0.254 e. The number of nitrogens with one attached hydrogen (secondary N) is 1. The molecule has 8 heteroatoms. The van der Waals surface area contributed by atoms with E-state index >= 15 is 0 Å². The van der Waals surface area contributed by atoms with Crippen molar-refractivity contribution in [1.29, 1.82) is 0 Å². The molecular formula is C12H15FN2O3S2. The molecule has 0 bridgehead atoms. The van der Waals surface area contributed by atoms with E-state index in [1.54, 1.807) is 17.8 Å². The predicted octanol–water partition coefficient (Wildman–Crippen LogP) is 1.12. The molecule has 1 aromatic carbocycles. The Morgan fingerprint density at radius 2 is 2.20 bits per heavy atom. The first-order valence-electron chi connectivity index (χ1n) is 5.65. The maximum absolute atomic E-state index is 13.7. The van der Waals surface area contributed by atoms with Crippen molar-refractivity contribution in [2.24, 2.45) is 5.14 Å². The number of halogens is 1. The minimum Gasteiger partial charge on any atom is -0.351 e. The minimum absolute atomic E-state index is 0.217. The summed E-state index contributed by atoms with van der Waals surface area (Å²) in [4.78, 5) is 11.3. The van der Waals surface area contributed by atoms with Crippen molar-refractivity contribution in [3.05, 3.63) is 42.2 Å². The average Bonchev–Trinajstić information content (AvgIpc) is 2.37. The van der Waals surface area contributed by atoms with Crippen LogP contribution >= 0.6 is 11.8 Å². The highest BCUT2D eigenvalue weighted by Crippen LogP contribution is 2.13. The molecule has 110 valence electrons. The van der Waals surface area contributed by atoms with Crippen LogP contribution in [0.3, 0.4) is 0 Å². The third-order valence-electron chi connectivity index (χ3n) is 2.28. The van der Waals surface area contributed by atoms with Crippen LogP contribution in [-0.4, -0.2) is 32.4 Å². The summed E-state index contributed by atoms with van der Waals surface area (Å²) in [6.45, 7) is 3.95. The average molecular weight is 318 g/mol. The Morgan fingerprint density at radius 1 is 1.50 bits per heavy atom. The van der Waals surface area contributed by atoms with Crippen LogP contribution in [0.25, 0.3) is 0 Å². The molecule has 0 heterocycles. The van der Waals surface area contributed by atoms with Crippen LogP contribution in [0.5, 0.6) is 0 Å². The fraction of sp³-hybridized carbons (Fsp3) is 0.250. The number of thioether (sulfide) groups is 1. The Bertz CT molecular complexity index is 603. The zero-order chi connectivity index (χ0) is 15.2. The normalized spacial score (nSPS) is 11.1. The van der Waals surface area contributed by atoms with Gasteiger partial charge in [0.2, 0.25) is 10.0 Å². The largest absolute Gasteiger partial charge is 0.351 e. The molecule has 5 nitrogen and oxygen atoms in total. The van der Waals surface area contributed by atoms with Crippen molar-refractivity contribution >= 4 is 27.7 Å². The minimum atomic E-state index is -3.98. The van der Waals surface area contributed by atoms with Gasteiger partial charge in [0.05, 0.1) is 10.5 Å². The van der Waals surface area contributed by atoms with Gasteiger partial charge in [-0.25, -0.2) is 17.9 Å². The highest BCUT2D eigenvalue weighted by Gasteiger charge is 2.15. The molecule has 0 radical (unpaired) electrons. The highest BCUT2D eigenvalue weighted by molar-refractivity contribution is 7.99. The maximum atomic E-state index is 13.7. The van der Waals surface area contributed by atoms with Gasteiger partial charge in [0, 0.05) is 18.1 Å². The summed E-state index contributed by atoms with van der Waals surface area (Å²) in [5.41, 5.74) is -0.217. The molecule has 0 spiro atoms. The smallest absolute Gasteiger partial charge is 0.254 e. The summed E-state index contributed by atoms with van der Waals surface area (Å²) in [5, 5.41) is 7.41. The molecular weight excluding hydrogens is 303 g/mol. The van der Waals surface area contributed by atoms with Crippen molar-refractivity contribution in [3.8, 4) is 0 Å². The van der Waals surface area contributed by atoms with Gasteiger partial charge in [-0.2, -0.15) is 11.8 Å². The van der Waals surface area contributed by atoms with Crippen LogP contribution < -0.4 is 10.5 Å². The molecule has 1 aromatic rings. The lowest BCUT2D eigenvalue weighted by Crippen LogP contribution is -2.27. The molecule has 0 aliphatic carbocycles. The van der Waals surface area contributed by atoms with Gasteiger partial charge < -0.3 is 5.32 Å². The Labute approximate surface area is 121 Å². The molecule has 1 amide bonds. The zero-order valence-electron chi connectivity index (χ0n) is 10.6. The first-order chi connectivity index (χ1) is 9.36. The summed E-state index contributed by atoms with van der Waals surface area (Å²) in [7, 11) is -3.98. The van der Waals surface area contributed by atoms with Crippen molar-refractivity contribution in [2.75, 3.05) is 18.1 Å². The number of carbonyl (C=O) groups is 1. The van der Waals surface area contributed by atoms with E-state index in [0.29, 0.717) is 12.3 Å². The van der Waals surface area contributed by atoms with Gasteiger partial charge in [0.15, 0.2) is 0 Å². The second kappa shape index (κ2) is 7.41. The van der Waals surface area contributed by atoms with Crippen LogP contribution in [0.2, 0.25) is 0 Å². The van der Waals surface area contributed by atoms with Gasteiger partial charge >= 0.3 is 0 Å². The lowest BCUT2D eigenvalue weighted by atomic mass is 10.2. The first kappa shape index (κ1) is 16.7. The zero-order valence-corrected chi connectivity index (χ0v) is 12.3. The Morgan fingerprint density at radius 3 is 2.75 bits per heavy atom. The second-order valence-corrected chi connectivity index (χ2v) is 6.52. The molecule has 0 aliphatic rings. The topological polar surface area (TPSA) is 89.3 Å². The second-order valence-electron chi connectivity index (χ2n) is 3.81. The van der Waals surface area contributed by atoms with E-state index in [1.807, 2.05) is 0 Å². The number of benzene rings is 1. The van der Waals surface area contributed by atoms with Crippen LogP contribution in [0.1, 0.15) is 10.4 Å². The van der Waals surface area contributed by atoms with Crippen molar-refractivity contribution in [1.82, 2.24) is 5.32 Å². The summed E-state index contributed by atoms with van der Waals surface area (Å²) < 4.78 is 35.7. The number of nitrogens with two attached hydrogens (primary N) is 1. The Kier molecular flexibility index (Phi) is 6.18. The molecule has 0 atom stereocenters. The predicted molar refractivity (Wildman–Crippen MR) is 77.6 cm³/mol. The van der Waals surface area contributed by atoms with Crippen molar-refractivity contribution < 1.29 is 17.6 Å². The SMILES string of the molecule is C=CCSCCNC(=O)c1ccc(S(N)(=O)=O)cc1F. The molecule has 0 fully saturated rings. The third kappa shape index (κ3) is 4.95. The van der Waals surface area contributed by atoms with E-state index in [0.717, 1.165) is 24.0 Å². The molecule has 0 aromatic heterocycles. The number of hydrogen-bond acceptors (Lipinski definition) is 4. The summed E-state index contributed by atoms with van der Waals surface area (Å²) >= 11 is 1.58. The molecule has 0 saturated heterocycles. The van der Waals surface area contributed by atoms with Gasteiger partial charge in [0.1, 0.15) is 5.82 Å². The summed E-state index contributed by atoms with van der Waals surface area (Å²) in [6, 6.07) is 2.93. The lowest BCUT2D eigenvalue weighted by Gasteiger charge is -2.06. The molecule has 20 heavy (non-hydrogen) atoms. The molecule has 3 N–H and O–H groups in total. The number of sulfonamides is 1. The Balaban J connectivity index is 2.68. The van der Waals surface area contributed by atoms with Gasteiger partial charge in [-0.15, -0.1) is 6.58 Å². The van der Waals surface area contributed by atoms with E-state index in [-0.39, 0.29) is 10.5 Å². The standard InChI is InChI=1S/C12H15FN2O3S2/c1-2-6-19-7-5-15-12(16)10-4-3-9(8-11(10)13)20(14,17)18/h2-4,8H,1,5-7H2,(H,15,16)(H2,14,17,18). The Hall–Kier alpha value is -1.38. The van der Waals surface area contributed by atoms with E-state index in [2.05, 4.69) is 11.9 Å². The molecule has 0 unspecified atom stereocenters. The summed E-state index contributed by atoms with van der Waals surface area (Å²) in [6.07, 6.45) is 1.75.